The highest BCUT2D eigenvalue weighted by atomic mass is 32.2. The molecular formula is C31H35N3O7S. The number of fused-ring (bicyclic) bond motifs is 3. The number of phenols is 1. The molecule has 1 amide bonds. The van der Waals surface area contributed by atoms with Crippen molar-refractivity contribution in [3.8, 4) is 5.75 Å². The molecule has 10 nitrogen and oxygen atoms in total. The first-order valence-corrected chi connectivity index (χ1v) is 14.5. The molecular weight excluding hydrogens is 558 g/mol. The molecule has 3 aliphatic rings. The topological polar surface area (TPSA) is 165 Å². The van der Waals surface area contributed by atoms with Crippen molar-refractivity contribution in [2.75, 3.05) is 38.8 Å². The maximum atomic E-state index is 14.5. The lowest BCUT2D eigenvalue weighted by molar-refractivity contribution is -0.157. The van der Waals surface area contributed by atoms with Crippen LogP contribution in [0, 0.1) is 11.3 Å². The number of nitrogens with zero attached hydrogens (tertiary/aromatic N) is 2. The Bertz CT molecular complexity index is 1570. The first-order valence-electron chi connectivity index (χ1n) is 13.5. The number of carbonyl (C=O) groups is 3. The Morgan fingerprint density at radius 2 is 1.69 bits per heavy atom. The Morgan fingerprint density at radius 1 is 1.05 bits per heavy atom. The van der Waals surface area contributed by atoms with Gasteiger partial charge >= 0.3 is 0 Å². The van der Waals surface area contributed by atoms with Gasteiger partial charge in [0.15, 0.2) is 11.4 Å². The van der Waals surface area contributed by atoms with E-state index in [4.69, 9.17) is 5.73 Å². The minimum Gasteiger partial charge on any atom is -0.508 e. The number of carbonyl (C=O) groups excluding carboxylic acids is 3. The van der Waals surface area contributed by atoms with E-state index in [-0.39, 0.29) is 23.3 Å². The Balaban J connectivity index is 1.81. The first-order chi connectivity index (χ1) is 19.7. The van der Waals surface area contributed by atoms with Crippen molar-refractivity contribution < 1.29 is 34.8 Å². The number of aliphatic hydroxyl groups is 3. The number of hydrogen-bond acceptors (Lipinski definition) is 10. The number of Topliss-reactive ketones (excluding diaryl/α,β-unsaturated/α-hetero) is 2. The van der Waals surface area contributed by atoms with Crippen molar-refractivity contribution in [2.24, 2.45) is 17.1 Å². The van der Waals surface area contributed by atoms with Gasteiger partial charge in [-0.05, 0) is 50.3 Å². The van der Waals surface area contributed by atoms with Crippen LogP contribution >= 0.6 is 11.8 Å². The number of rotatable bonds is 6. The van der Waals surface area contributed by atoms with Crippen molar-refractivity contribution in [3.63, 3.8) is 0 Å². The summed E-state index contributed by atoms with van der Waals surface area (Å²) in [6.45, 7) is 1.81. The van der Waals surface area contributed by atoms with E-state index < -0.39 is 63.5 Å². The molecule has 11 heteroatoms. The Hall–Kier alpha value is -3.80. The summed E-state index contributed by atoms with van der Waals surface area (Å²) < 4.78 is 0. The van der Waals surface area contributed by atoms with Crippen LogP contribution in [-0.4, -0.2) is 88.4 Å². The van der Waals surface area contributed by atoms with Crippen LogP contribution in [0.25, 0.3) is 5.76 Å². The zero-order valence-corrected chi connectivity index (χ0v) is 24.9. The number of likely N-dealkylation sites (N-methyl/N-ethyl adjacent to an activating group) is 1. The molecule has 0 bridgehead atoms. The maximum absolute atomic E-state index is 14.5. The van der Waals surface area contributed by atoms with E-state index >= 15 is 0 Å². The molecule has 42 heavy (non-hydrogen) atoms. The van der Waals surface area contributed by atoms with Gasteiger partial charge < -0.3 is 31.1 Å². The number of amides is 1. The molecule has 1 fully saturated rings. The summed E-state index contributed by atoms with van der Waals surface area (Å²) in [6.07, 6.45) is -0.0126. The number of anilines is 1. The normalized spacial score (nSPS) is 28.9. The van der Waals surface area contributed by atoms with Gasteiger partial charge in [0.1, 0.15) is 22.8 Å². The van der Waals surface area contributed by atoms with Crippen molar-refractivity contribution in [2.45, 2.75) is 35.8 Å². The van der Waals surface area contributed by atoms with Gasteiger partial charge in [0, 0.05) is 53.3 Å². The van der Waals surface area contributed by atoms with Gasteiger partial charge in [-0.2, -0.15) is 0 Å². The molecule has 2 aromatic rings. The molecule has 5 atom stereocenters. The van der Waals surface area contributed by atoms with Crippen LogP contribution in [0.15, 0.2) is 64.3 Å². The number of benzene rings is 2. The number of thioether (sulfide) groups is 1. The summed E-state index contributed by atoms with van der Waals surface area (Å²) in [7, 11) is 6.85. The second-order valence-electron chi connectivity index (χ2n) is 11.9. The molecule has 1 saturated carbocycles. The van der Waals surface area contributed by atoms with Crippen LogP contribution in [0.1, 0.15) is 30.4 Å². The Morgan fingerprint density at radius 3 is 2.26 bits per heavy atom. The lowest BCUT2D eigenvalue weighted by Gasteiger charge is -2.56. The smallest absolute Gasteiger partial charge is 0.255 e. The van der Waals surface area contributed by atoms with E-state index in [1.807, 2.05) is 49.3 Å². The number of hydrogen-bond donors (Lipinski definition) is 5. The molecule has 0 aliphatic heterocycles. The minimum atomic E-state index is -2.71. The highest BCUT2D eigenvalue weighted by molar-refractivity contribution is 7.99. The van der Waals surface area contributed by atoms with Crippen molar-refractivity contribution >= 4 is 40.7 Å². The van der Waals surface area contributed by atoms with Gasteiger partial charge in [0.2, 0.25) is 5.78 Å². The average molecular weight is 594 g/mol. The Labute approximate surface area is 248 Å². The van der Waals surface area contributed by atoms with Crippen molar-refractivity contribution in [3.05, 3.63) is 70.5 Å². The quantitative estimate of drug-likeness (QED) is 0.248. The number of phenolic OH excluding ortho intramolecular Hbond substituents is 1. The van der Waals surface area contributed by atoms with E-state index in [0.717, 1.165) is 10.6 Å². The van der Waals surface area contributed by atoms with Crippen molar-refractivity contribution in [1.29, 1.82) is 0 Å². The summed E-state index contributed by atoms with van der Waals surface area (Å²) in [5.41, 5.74) is 1.98. The van der Waals surface area contributed by atoms with E-state index in [2.05, 4.69) is 0 Å². The van der Waals surface area contributed by atoms with E-state index in [0.29, 0.717) is 11.3 Å². The van der Waals surface area contributed by atoms with Crippen LogP contribution in [0.2, 0.25) is 0 Å². The summed E-state index contributed by atoms with van der Waals surface area (Å²) in [4.78, 5) is 44.7. The van der Waals surface area contributed by atoms with Crippen LogP contribution < -0.4 is 10.6 Å². The maximum Gasteiger partial charge on any atom is 0.255 e. The highest BCUT2D eigenvalue weighted by Gasteiger charge is 2.68. The molecule has 222 valence electrons. The SMILES string of the molecule is CN(C)c1ccc(O)c2c1[C@H](CSc1ccccc1)[C@@]1(C)C[C@H]3[C@H](N(C)C)C(=O)C(C(N)=O)=C(O)[C@@]3(O)C(=O)C1=C2O. The number of aromatic hydroxyl groups is 1. The second-order valence-corrected chi connectivity index (χ2v) is 13.0. The molecule has 5 rings (SSSR count). The number of nitrogens with two attached hydrogens (primary N) is 1. The van der Waals surface area contributed by atoms with Crippen LogP contribution in [0.5, 0.6) is 5.75 Å². The highest BCUT2D eigenvalue weighted by Crippen LogP contribution is 2.64. The summed E-state index contributed by atoms with van der Waals surface area (Å²) >= 11 is 1.54. The largest absolute Gasteiger partial charge is 0.508 e. The van der Waals surface area contributed by atoms with Crippen LogP contribution in [-0.2, 0) is 14.4 Å². The molecule has 0 aromatic heterocycles. The average Bonchev–Trinajstić information content (AvgIpc) is 2.90. The standard InChI is InChI=1S/C31H35N3O7S/c1-30-13-16-24(34(4)5)26(37)22(29(32)40)27(38)31(16,41)28(39)23(30)25(36)21-19(35)12-11-18(33(2)3)20(21)17(30)14-42-15-9-7-6-8-10-15/h6-12,16-17,24,35-36,38,41H,13-14H2,1-5H3,(H2,32,40)/t16-,17-,24-,30+,31+/m0/s1. The Kier molecular flexibility index (Phi) is 7.19. The third-order valence-electron chi connectivity index (χ3n) is 9.05. The van der Waals surface area contributed by atoms with Gasteiger partial charge in [-0.3, -0.25) is 19.3 Å². The van der Waals surface area contributed by atoms with Gasteiger partial charge in [0.25, 0.3) is 5.91 Å². The minimum absolute atomic E-state index is 0.0126. The molecule has 0 spiro atoms. The third-order valence-corrected chi connectivity index (χ3v) is 10.2. The summed E-state index contributed by atoms with van der Waals surface area (Å²) in [6, 6.07) is 11.7. The number of aliphatic hydroxyl groups excluding tert-OH is 2. The fourth-order valence-electron chi connectivity index (χ4n) is 7.11. The van der Waals surface area contributed by atoms with Crippen LogP contribution in [0.3, 0.4) is 0 Å². The zero-order chi connectivity index (χ0) is 30.9. The second kappa shape index (κ2) is 10.2. The van der Waals surface area contributed by atoms with Gasteiger partial charge in [-0.1, -0.05) is 25.1 Å². The summed E-state index contributed by atoms with van der Waals surface area (Å²) in [5, 5.41) is 46.0. The molecule has 2 aromatic carbocycles. The monoisotopic (exact) mass is 593 g/mol. The third kappa shape index (κ3) is 4.05. The lowest BCUT2D eigenvalue weighted by Crippen LogP contribution is -2.67. The predicted molar refractivity (Wildman–Crippen MR) is 159 cm³/mol. The zero-order valence-electron chi connectivity index (χ0n) is 24.1. The fraction of sp³-hybridized carbons (Fsp3) is 0.387. The van der Waals surface area contributed by atoms with E-state index in [1.54, 1.807) is 27.1 Å². The fourth-order valence-corrected chi connectivity index (χ4v) is 8.35. The van der Waals surface area contributed by atoms with Gasteiger partial charge in [-0.15, -0.1) is 11.8 Å². The summed E-state index contributed by atoms with van der Waals surface area (Å²) in [5.74, 6) is -6.22. The molecule has 0 radical (unpaired) electrons. The van der Waals surface area contributed by atoms with Gasteiger partial charge in [0.05, 0.1) is 11.6 Å². The van der Waals surface area contributed by atoms with Crippen molar-refractivity contribution in [1.82, 2.24) is 4.90 Å². The van der Waals surface area contributed by atoms with Crippen LogP contribution in [0.4, 0.5) is 5.69 Å². The number of ketones is 2. The first kappa shape index (κ1) is 29.7. The molecule has 0 saturated heterocycles. The predicted octanol–water partition coefficient (Wildman–Crippen LogP) is 2.75. The molecule has 0 unspecified atom stereocenters. The van der Waals surface area contributed by atoms with E-state index in [9.17, 15) is 34.8 Å². The lowest BCUT2D eigenvalue weighted by atomic mass is 9.49. The van der Waals surface area contributed by atoms with E-state index in [1.165, 1.54) is 22.7 Å². The molecule has 0 heterocycles. The van der Waals surface area contributed by atoms with Gasteiger partial charge in [-0.25, -0.2) is 0 Å². The molecule has 3 aliphatic carbocycles. The molecule has 6 N–H and O–H groups in total. The number of primary amides is 1.